The Balaban J connectivity index is 2.41. The summed E-state index contributed by atoms with van der Waals surface area (Å²) < 4.78 is 11.4. The lowest BCUT2D eigenvalue weighted by atomic mass is 10.2. The van der Waals surface area contributed by atoms with Gasteiger partial charge in [0.05, 0.1) is 4.62 Å². The van der Waals surface area contributed by atoms with Crippen LogP contribution in [0.5, 0.6) is 0 Å². The third kappa shape index (κ3) is 1.85. The predicted molar refractivity (Wildman–Crippen MR) is 57.0 cm³/mol. The first-order valence-electron chi connectivity index (χ1n) is 3.89. The fourth-order valence-electron chi connectivity index (χ4n) is 1.13. The van der Waals surface area contributed by atoms with Gasteiger partial charge in [0.25, 0.3) is 0 Å². The van der Waals surface area contributed by atoms with E-state index in [0.29, 0.717) is 0 Å². The van der Waals surface area contributed by atoms with Crippen LogP contribution in [0.4, 0.5) is 0 Å². The lowest BCUT2D eigenvalue weighted by molar-refractivity contribution is 0.603. The van der Waals surface area contributed by atoms with Gasteiger partial charge in [-0.3, -0.25) is 4.57 Å². The standard InChI is InChI=1S/C10H7OPS/c11-12-10-7-6-9(13-10)8-4-2-1-3-5-8/h1-7H. The van der Waals surface area contributed by atoms with Crippen molar-refractivity contribution in [3.8, 4) is 10.4 Å². The fourth-order valence-corrected chi connectivity index (χ4v) is 2.47. The SMILES string of the molecule is O=Pc1ccc(-c2ccccc2)s1. The summed E-state index contributed by atoms with van der Waals surface area (Å²) in [4.78, 5) is 1.17. The molecular weight excluding hydrogens is 199 g/mol. The average Bonchev–Trinajstić information content (AvgIpc) is 2.67. The van der Waals surface area contributed by atoms with Gasteiger partial charge in [-0.25, -0.2) is 0 Å². The molecule has 0 unspecified atom stereocenters. The van der Waals surface area contributed by atoms with Crippen molar-refractivity contribution in [2.75, 3.05) is 0 Å². The molecule has 0 aliphatic carbocycles. The van der Waals surface area contributed by atoms with E-state index in [1.165, 1.54) is 10.4 Å². The molecule has 1 nitrogen and oxygen atoms in total. The molecule has 0 bridgehead atoms. The molecular formula is C10H7OPS. The van der Waals surface area contributed by atoms with Crippen molar-refractivity contribution in [1.82, 2.24) is 0 Å². The zero-order valence-electron chi connectivity index (χ0n) is 6.81. The van der Waals surface area contributed by atoms with Crippen LogP contribution in [0.2, 0.25) is 0 Å². The van der Waals surface area contributed by atoms with Crippen molar-refractivity contribution in [2.45, 2.75) is 0 Å². The predicted octanol–water partition coefficient (Wildman–Crippen LogP) is 3.33. The molecule has 0 saturated carbocycles. The first kappa shape index (κ1) is 8.61. The van der Waals surface area contributed by atoms with E-state index in [9.17, 15) is 4.57 Å². The molecule has 0 amide bonds. The molecule has 0 N–H and O–H groups in total. The summed E-state index contributed by atoms with van der Waals surface area (Å²) in [6, 6.07) is 14.0. The first-order valence-corrected chi connectivity index (χ1v) is 5.51. The Morgan fingerprint density at radius 2 is 1.77 bits per heavy atom. The van der Waals surface area contributed by atoms with Crippen LogP contribution in [0, 0.1) is 0 Å². The summed E-state index contributed by atoms with van der Waals surface area (Å²) in [7, 11) is 0.109. The van der Waals surface area contributed by atoms with Gasteiger partial charge in [-0.1, -0.05) is 30.3 Å². The molecule has 1 heterocycles. The maximum absolute atomic E-state index is 10.6. The highest BCUT2D eigenvalue weighted by Gasteiger charge is 2.00. The van der Waals surface area contributed by atoms with Gasteiger partial charge in [0, 0.05) is 4.88 Å². The summed E-state index contributed by atoms with van der Waals surface area (Å²) in [6.07, 6.45) is 0. The molecule has 1 aromatic heterocycles. The summed E-state index contributed by atoms with van der Waals surface area (Å²) >= 11 is 1.56. The Kier molecular flexibility index (Phi) is 2.53. The van der Waals surface area contributed by atoms with Crippen molar-refractivity contribution < 1.29 is 4.57 Å². The van der Waals surface area contributed by atoms with Crippen molar-refractivity contribution >= 4 is 24.4 Å². The van der Waals surface area contributed by atoms with Crippen LogP contribution < -0.4 is 4.62 Å². The van der Waals surface area contributed by atoms with E-state index in [0.717, 1.165) is 4.62 Å². The van der Waals surface area contributed by atoms with Crippen LogP contribution >= 0.6 is 19.8 Å². The molecule has 64 valence electrons. The zero-order valence-corrected chi connectivity index (χ0v) is 8.52. The van der Waals surface area contributed by atoms with Crippen molar-refractivity contribution in [2.24, 2.45) is 0 Å². The van der Waals surface area contributed by atoms with E-state index in [1.54, 1.807) is 11.3 Å². The first-order chi connectivity index (χ1) is 6.40. The molecule has 13 heavy (non-hydrogen) atoms. The van der Waals surface area contributed by atoms with Crippen LogP contribution in [-0.4, -0.2) is 0 Å². The number of hydrogen-bond acceptors (Lipinski definition) is 2. The maximum Gasteiger partial charge on any atom is 0.203 e. The van der Waals surface area contributed by atoms with Gasteiger partial charge in [0.15, 0.2) is 0 Å². The Bertz CT molecular complexity index is 408. The molecule has 0 atom stereocenters. The minimum absolute atomic E-state index is 0.109. The Morgan fingerprint density at radius 3 is 2.38 bits per heavy atom. The lowest BCUT2D eigenvalue weighted by Crippen LogP contribution is -1.73. The number of hydrogen-bond donors (Lipinski definition) is 0. The van der Waals surface area contributed by atoms with Gasteiger partial charge in [0.1, 0.15) is 0 Å². The monoisotopic (exact) mass is 206 g/mol. The normalized spacial score (nSPS) is 10.5. The van der Waals surface area contributed by atoms with Gasteiger partial charge in [-0.2, -0.15) is 0 Å². The molecule has 0 fully saturated rings. The second kappa shape index (κ2) is 3.82. The van der Waals surface area contributed by atoms with Crippen LogP contribution in [0.3, 0.4) is 0 Å². The summed E-state index contributed by atoms with van der Waals surface area (Å²) in [6.45, 7) is 0. The molecule has 2 aromatic rings. The number of benzene rings is 1. The minimum Gasteiger partial charge on any atom is -0.268 e. The van der Waals surface area contributed by atoms with E-state index in [1.807, 2.05) is 30.3 Å². The smallest absolute Gasteiger partial charge is 0.203 e. The van der Waals surface area contributed by atoms with E-state index in [-0.39, 0.29) is 8.46 Å². The molecule has 0 aliphatic rings. The highest BCUT2D eigenvalue weighted by Crippen LogP contribution is 2.24. The van der Waals surface area contributed by atoms with Crippen LogP contribution in [0.1, 0.15) is 0 Å². The molecule has 3 heteroatoms. The van der Waals surface area contributed by atoms with Crippen LogP contribution in [0.15, 0.2) is 42.5 Å². The summed E-state index contributed by atoms with van der Waals surface area (Å²) in [5, 5.41) is 0. The fraction of sp³-hybridized carbons (Fsp3) is 0. The lowest BCUT2D eigenvalue weighted by Gasteiger charge is -1.93. The second-order valence-electron chi connectivity index (χ2n) is 2.60. The highest BCUT2D eigenvalue weighted by molar-refractivity contribution is 7.48. The van der Waals surface area contributed by atoms with E-state index in [2.05, 4.69) is 12.1 Å². The van der Waals surface area contributed by atoms with E-state index >= 15 is 0 Å². The summed E-state index contributed by atoms with van der Waals surface area (Å²) in [5.74, 6) is 0. The van der Waals surface area contributed by atoms with E-state index in [4.69, 9.17) is 0 Å². The van der Waals surface area contributed by atoms with Gasteiger partial charge < -0.3 is 0 Å². The molecule has 0 aliphatic heterocycles. The Labute approximate surface area is 82.2 Å². The van der Waals surface area contributed by atoms with E-state index < -0.39 is 0 Å². The molecule has 0 spiro atoms. The average molecular weight is 206 g/mol. The largest absolute Gasteiger partial charge is 0.268 e. The number of thiophene rings is 1. The third-order valence-electron chi connectivity index (χ3n) is 1.74. The topological polar surface area (TPSA) is 17.1 Å². The highest BCUT2D eigenvalue weighted by atomic mass is 32.1. The number of rotatable bonds is 2. The molecule has 2 rings (SSSR count). The summed E-state index contributed by atoms with van der Waals surface area (Å²) in [5.41, 5.74) is 1.18. The molecule has 1 aromatic carbocycles. The van der Waals surface area contributed by atoms with Gasteiger partial charge >= 0.3 is 0 Å². The van der Waals surface area contributed by atoms with Crippen molar-refractivity contribution in [3.05, 3.63) is 42.5 Å². The quantitative estimate of drug-likeness (QED) is 0.689. The Hall–Kier alpha value is -0.980. The second-order valence-corrected chi connectivity index (χ2v) is 4.65. The van der Waals surface area contributed by atoms with Crippen LogP contribution in [-0.2, 0) is 4.57 Å². The van der Waals surface area contributed by atoms with Crippen LogP contribution in [0.25, 0.3) is 10.4 Å². The van der Waals surface area contributed by atoms with Gasteiger partial charge in [-0.15, -0.1) is 11.3 Å². The molecule has 0 saturated heterocycles. The minimum atomic E-state index is 0.109. The van der Waals surface area contributed by atoms with Crippen molar-refractivity contribution in [3.63, 3.8) is 0 Å². The van der Waals surface area contributed by atoms with Crippen molar-refractivity contribution in [1.29, 1.82) is 0 Å². The zero-order chi connectivity index (χ0) is 9.10. The third-order valence-corrected chi connectivity index (χ3v) is 3.50. The maximum atomic E-state index is 10.6. The van der Waals surface area contributed by atoms with Gasteiger partial charge in [-0.05, 0) is 17.7 Å². The Morgan fingerprint density at radius 1 is 1.00 bits per heavy atom. The molecule has 0 radical (unpaired) electrons. The van der Waals surface area contributed by atoms with Gasteiger partial charge in [0.2, 0.25) is 8.46 Å².